The van der Waals surface area contributed by atoms with Crippen molar-refractivity contribution in [3.05, 3.63) is 30.3 Å². The molecule has 3 N–H and O–H groups in total. The highest BCUT2D eigenvalue weighted by Gasteiger charge is 2.34. The van der Waals surface area contributed by atoms with Crippen molar-refractivity contribution >= 4 is 37.7 Å². The Morgan fingerprint density at radius 2 is 1.86 bits per heavy atom. The minimum absolute atomic E-state index is 0.000689. The van der Waals surface area contributed by atoms with E-state index in [1.54, 1.807) is 13.8 Å². The Kier molecular flexibility index (Phi) is 11.8. The van der Waals surface area contributed by atoms with Crippen molar-refractivity contribution in [2.24, 2.45) is 5.41 Å². The van der Waals surface area contributed by atoms with Gasteiger partial charge in [-0.05, 0) is 12.1 Å². The number of thioether (sulfide) groups is 1. The van der Waals surface area contributed by atoms with Crippen LogP contribution in [0, 0.1) is 5.41 Å². The van der Waals surface area contributed by atoms with Crippen LogP contribution in [-0.4, -0.2) is 53.6 Å². The third kappa shape index (κ3) is 11.2. The zero-order chi connectivity index (χ0) is 21.7. The van der Waals surface area contributed by atoms with E-state index in [1.165, 1.54) is 6.92 Å². The molecular formula is C19H29N2O6PS. The molecular weight excluding hydrogens is 415 g/mol. The van der Waals surface area contributed by atoms with E-state index in [1.807, 2.05) is 30.3 Å². The van der Waals surface area contributed by atoms with Crippen molar-refractivity contribution < 1.29 is 28.5 Å². The van der Waals surface area contributed by atoms with Gasteiger partial charge >= 0.3 is 0 Å². The number of carbonyl (C=O) groups excluding carboxylic acids is 3. The van der Waals surface area contributed by atoms with Crippen molar-refractivity contribution in [3.8, 4) is 5.75 Å². The van der Waals surface area contributed by atoms with Gasteiger partial charge in [0.1, 0.15) is 11.9 Å². The predicted octanol–water partition coefficient (Wildman–Crippen LogP) is 1.88. The highest BCUT2D eigenvalue weighted by atomic mass is 32.2. The SMILES string of the molecule is CC(=O)SCCNC(=O)CCNC(=O)[C@H](O)C(C)(C)COPOc1ccccc1. The number of para-hydroxylation sites is 1. The molecule has 2 amide bonds. The van der Waals surface area contributed by atoms with Crippen molar-refractivity contribution in [3.63, 3.8) is 0 Å². The smallest absolute Gasteiger partial charge is 0.249 e. The molecule has 2 atom stereocenters. The molecule has 0 aliphatic carbocycles. The van der Waals surface area contributed by atoms with Gasteiger partial charge in [-0.3, -0.25) is 14.4 Å². The van der Waals surface area contributed by atoms with Crippen molar-refractivity contribution in [2.75, 3.05) is 25.4 Å². The fourth-order valence-corrected chi connectivity index (χ4v) is 3.30. The van der Waals surface area contributed by atoms with Crippen LogP contribution in [0.15, 0.2) is 30.3 Å². The molecule has 0 saturated carbocycles. The van der Waals surface area contributed by atoms with Gasteiger partial charge in [0, 0.05) is 37.6 Å². The van der Waals surface area contributed by atoms with Crippen LogP contribution in [0.1, 0.15) is 27.2 Å². The molecule has 1 aromatic rings. The maximum Gasteiger partial charge on any atom is 0.249 e. The Morgan fingerprint density at radius 1 is 1.17 bits per heavy atom. The van der Waals surface area contributed by atoms with E-state index in [0.717, 1.165) is 11.8 Å². The van der Waals surface area contributed by atoms with E-state index in [9.17, 15) is 19.5 Å². The van der Waals surface area contributed by atoms with Crippen LogP contribution in [-0.2, 0) is 18.9 Å². The molecule has 0 aliphatic rings. The molecule has 29 heavy (non-hydrogen) atoms. The summed E-state index contributed by atoms with van der Waals surface area (Å²) in [4.78, 5) is 34.6. The Balaban J connectivity index is 2.22. The molecule has 8 nitrogen and oxygen atoms in total. The molecule has 0 saturated heterocycles. The first-order chi connectivity index (χ1) is 13.7. The van der Waals surface area contributed by atoms with E-state index in [4.69, 9.17) is 9.05 Å². The number of benzene rings is 1. The third-order valence-corrected chi connectivity index (χ3v) is 5.17. The maximum atomic E-state index is 12.1. The van der Waals surface area contributed by atoms with Gasteiger partial charge in [-0.15, -0.1) is 0 Å². The Morgan fingerprint density at radius 3 is 2.52 bits per heavy atom. The molecule has 0 heterocycles. The summed E-state index contributed by atoms with van der Waals surface area (Å²) in [6.45, 7) is 5.51. The summed E-state index contributed by atoms with van der Waals surface area (Å²) in [5.74, 6) is 0.395. The lowest BCUT2D eigenvalue weighted by atomic mass is 9.87. The van der Waals surface area contributed by atoms with Crippen LogP contribution >= 0.6 is 20.8 Å². The quantitative estimate of drug-likeness (QED) is 0.314. The van der Waals surface area contributed by atoms with Crippen LogP contribution in [0.3, 0.4) is 0 Å². The Labute approximate surface area is 177 Å². The summed E-state index contributed by atoms with van der Waals surface area (Å²) in [6.07, 6.45) is -1.20. The topological polar surface area (TPSA) is 114 Å². The lowest BCUT2D eigenvalue weighted by molar-refractivity contribution is -0.136. The summed E-state index contributed by atoms with van der Waals surface area (Å²) in [6, 6.07) is 9.20. The largest absolute Gasteiger partial charge is 0.450 e. The molecule has 0 radical (unpaired) electrons. The van der Waals surface area contributed by atoms with Crippen LogP contribution in [0.2, 0.25) is 0 Å². The zero-order valence-electron chi connectivity index (χ0n) is 16.9. The molecule has 162 valence electrons. The van der Waals surface area contributed by atoms with E-state index in [-0.39, 0.29) is 39.6 Å². The van der Waals surface area contributed by atoms with Crippen molar-refractivity contribution in [1.29, 1.82) is 0 Å². The predicted molar refractivity (Wildman–Crippen MR) is 115 cm³/mol. The summed E-state index contributed by atoms with van der Waals surface area (Å²) in [5.41, 5.74) is -0.830. The second kappa shape index (κ2) is 13.5. The summed E-state index contributed by atoms with van der Waals surface area (Å²) in [7, 11) is -0.254. The first-order valence-electron chi connectivity index (χ1n) is 9.17. The van der Waals surface area contributed by atoms with Gasteiger partial charge in [-0.2, -0.15) is 0 Å². The standard InChI is InChI=1S/C19H29N2O6PS/c1-14(22)29-12-11-20-16(23)9-10-21-18(25)17(24)19(2,3)13-26-28-27-15-7-5-4-6-8-15/h4-8,17,24,28H,9-13H2,1-3H3,(H,20,23)(H,21,25)/t17-/m0/s1. The van der Waals surface area contributed by atoms with Gasteiger partial charge in [0.2, 0.25) is 20.8 Å². The van der Waals surface area contributed by atoms with Crippen LogP contribution in [0.5, 0.6) is 5.75 Å². The lowest BCUT2D eigenvalue weighted by Crippen LogP contribution is -2.46. The number of aliphatic hydroxyl groups excluding tert-OH is 1. The summed E-state index contributed by atoms with van der Waals surface area (Å²) < 4.78 is 10.9. The highest BCUT2D eigenvalue weighted by molar-refractivity contribution is 8.13. The molecule has 0 aromatic heterocycles. The molecule has 0 spiro atoms. The molecule has 10 heteroatoms. The zero-order valence-corrected chi connectivity index (χ0v) is 18.7. The number of hydrogen-bond donors (Lipinski definition) is 3. The number of carbonyl (C=O) groups is 3. The molecule has 1 unspecified atom stereocenters. The van der Waals surface area contributed by atoms with E-state index in [2.05, 4.69) is 10.6 Å². The first kappa shape index (κ1) is 25.4. The second-order valence-corrected chi connectivity index (χ2v) is 8.84. The summed E-state index contributed by atoms with van der Waals surface area (Å²) in [5, 5.41) is 15.5. The second-order valence-electron chi connectivity index (χ2n) is 6.91. The molecule has 0 fully saturated rings. The third-order valence-electron chi connectivity index (χ3n) is 3.78. The first-order valence-corrected chi connectivity index (χ1v) is 11.0. The van der Waals surface area contributed by atoms with Gasteiger partial charge < -0.3 is 24.8 Å². The van der Waals surface area contributed by atoms with Crippen LogP contribution in [0.25, 0.3) is 0 Å². The van der Waals surface area contributed by atoms with Crippen molar-refractivity contribution in [2.45, 2.75) is 33.3 Å². The molecule has 1 rings (SSSR count). The Hall–Kier alpha value is -1.67. The Bertz CT molecular complexity index is 659. The fourth-order valence-electron chi connectivity index (χ4n) is 2.08. The van der Waals surface area contributed by atoms with Gasteiger partial charge in [-0.25, -0.2) is 0 Å². The van der Waals surface area contributed by atoms with Crippen molar-refractivity contribution in [1.82, 2.24) is 10.6 Å². The van der Waals surface area contributed by atoms with E-state index < -0.39 is 17.4 Å². The minimum Gasteiger partial charge on any atom is -0.450 e. The van der Waals surface area contributed by atoms with Gasteiger partial charge in [0.05, 0.1) is 6.61 Å². The number of nitrogens with one attached hydrogen (secondary N) is 2. The number of amides is 2. The van der Waals surface area contributed by atoms with E-state index in [0.29, 0.717) is 18.0 Å². The molecule has 0 bridgehead atoms. The number of rotatable bonds is 13. The summed E-state index contributed by atoms with van der Waals surface area (Å²) >= 11 is 1.14. The van der Waals surface area contributed by atoms with Crippen LogP contribution < -0.4 is 15.2 Å². The van der Waals surface area contributed by atoms with Gasteiger partial charge in [0.25, 0.3) is 0 Å². The lowest BCUT2D eigenvalue weighted by Gasteiger charge is -2.29. The molecule has 0 aliphatic heterocycles. The number of hydrogen-bond acceptors (Lipinski definition) is 7. The van der Waals surface area contributed by atoms with Gasteiger partial charge in [0.15, 0.2) is 5.12 Å². The number of aliphatic hydroxyl groups is 1. The highest BCUT2D eigenvalue weighted by Crippen LogP contribution is 2.27. The van der Waals surface area contributed by atoms with E-state index >= 15 is 0 Å². The fraction of sp³-hybridized carbons (Fsp3) is 0.526. The van der Waals surface area contributed by atoms with Crippen LogP contribution in [0.4, 0.5) is 0 Å². The molecule has 1 aromatic carbocycles. The average Bonchev–Trinajstić information content (AvgIpc) is 2.68. The van der Waals surface area contributed by atoms with Gasteiger partial charge in [-0.1, -0.05) is 43.8 Å². The monoisotopic (exact) mass is 444 g/mol. The minimum atomic E-state index is -1.29. The maximum absolute atomic E-state index is 12.1. The normalized spacial score (nSPS) is 12.6. The average molecular weight is 444 g/mol.